The predicted molar refractivity (Wildman–Crippen MR) is 118 cm³/mol. The summed E-state index contributed by atoms with van der Waals surface area (Å²) >= 11 is 0. The minimum Gasteiger partial charge on any atom is -0.471 e. The predicted octanol–water partition coefficient (Wildman–Crippen LogP) is -0.0956. The topological polar surface area (TPSA) is 172 Å². The quantitative estimate of drug-likeness (QED) is 0.226. The minimum absolute atomic E-state index is 0.218. The van der Waals surface area contributed by atoms with Crippen LogP contribution in [0.4, 0.5) is 0 Å². The molecule has 14 nitrogen and oxygen atoms in total. The van der Waals surface area contributed by atoms with Gasteiger partial charge in [-0.2, -0.15) is 0 Å². The third-order valence-electron chi connectivity index (χ3n) is 6.41. The first-order valence-corrected chi connectivity index (χ1v) is 12.1. The van der Waals surface area contributed by atoms with Gasteiger partial charge in [0.05, 0.1) is 37.1 Å². The van der Waals surface area contributed by atoms with Gasteiger partial charge in [0.2, 0.25) is 12.6 Å². The van der Waals surface area contributed by atoms with Crippen molar-refractivity contribution in [1.82, 2.24) is 0 Å². The number of cyclic esters (lactones) is 1. The molecule has 0 N–H and O–H groups in total. The molecule has 14 heteroatoms. The van der Waals surface area contributed by atoms with Gasteiger partial charge in [0.25, 0.3) is 0 Å². The summed E-state index contributed by atoms with van der Waals surface area (Å²) in [5.74, 6) is -4.11. The van der Waals surface area contributed by atoms with Crippen LogP contribution in [0.5, 0.6) is 0 Å². The number of hydrogen-bond acceptors (Lipinski definition) is 14. The molecule has 0 unspecified atom stereocenters. The molecule has 0 saturated carbocycles. The van der Waals surface area contributed by atoms with Crippen molar-refractivity contribution in [1.29, 1.82) is 0 Å². The molecule has 3 saturated heterocycles. The number of rotatable bonds is 8. The van der Waals surface area contributed by atoms with Crippen LogP contribution in [0.3, 0.4) is 0 Å². The van der Waals surface area contributed by atoms with Gasteiger partial charge in [-0.1, -0.05) is 0 Å². The Bertz CT molecular complexity index is 987. The molecule has 4 aliphatic heterocycles. The van der Waals surface area contributed by atoms with Crippen LogP contribution in [0.2, 0.25) is 0 Å². The maximum Gasteiger partial charge on any atom is 0.337 e. The van der Waals surface area contributed by atoms with Gasteiger partial charge in [-0.05, 0) is 6.42 Å². The van der Waals surface area contributed by atoms with Gasteiger partial charge in [0.1, 0.15) is 12.7 Å². The molecular formula is C24H30O14. The van der Waals surface area contributed by atoms with Crippen molar-refractivity contribution in [3.05, 3.63) is 11.8 Å². The first-order chi connectivity index (χ1) is 18.0. The highest BCUT2D eigenvalue weighted by Crippen LogP contribution is 2.44. The molecule has 0 spiro atoms. The fourth-order valence-corrected chi connectivity index (χ4v) is 4.89. The second-order valence-electron chi connectivity index (χ2n) is 9.26. The molecule has 4 rings (SSSR count). The van der Waals surface area contributed by atoms with Crippen LogP contribution in [0.25, 0.3) is 0 Å². The molecule has 9 atom stereocenters. The van der Waals surface area contributed by atoms with Crippen molar-refractivity contribution in [2.75, 3.05) is 19.8 Å². The summed E-state index contributed by atoms with van der Waals surface area (Å²) < 4.78 is 49.9. The highest BCUT2D eigenvalue weighted by molar-refractivity contribution is 5.89. The fraction of sp³-hybridized carbons (Fsp3) is 0.708. The number of ether oxygens (including phenoxy) is 9. The number of carbonyl (C=O) groups is 5. The van der Waals surface area contributed by atoms with E-state index in [9.17, 15) is 24.0 Å². The zero-order valence-electron chi connectivity index (χ0n) is 21.3. The molecule has 0 amide bonds. The lowest BCUT2D eigenvalue weighted by Crippen LogP contribution is -2.63. The molecule has 4 heterocycles. The summed E-state index contributed by atoms with van der Waals surface area (Å²) in [5.41, 5.74) is 0.359. The Hall–Kier alpha value is -3.23. The Morgan fingerprint density at radius 2 is 1.53 bits per heavy atom. The van der Waals surface area contributed by atoms with E-state index < -0.39 is 79.4 Å². The third kappa shape index (κ3) is 6.42. The van der Waals surface area contributed by atoms with E-state index in [0.29, 0.717) is 18.6 Å². The second-order valence-corrected chi connectivity index (χ2v) is 9.26. The molecule has 0 aliphatic carbocycles. The largest absolute Gasteiger partial charge is 0.471 e. The summed E-state index contributed by atoms with van der Waals surface area (Å²) in [7, 11) is 0. The maximum atomic E-state index is 12.3. The molecule has 0 aromatic heterocycles. The number of esters is 5. The Labute approximate surface area is 217 Å². The van der Waals surface area contributed by atoms with E-state index >= 15 is 0 Å². The van der Waals surface area contributed by atoms with E-state index in [0.717, 1.165) is 20.8 Å². The molecule has 0 aromatic rings. The number of epoxide rings is 1. The van der Waals surface area contributed by atoms with Crippen molar-refractivity contribution in [2.45, 2.75) is 77.2 Å². The lowest BCUT2D eigenvalue weighted by Gasteiger charge is -2.46. The van der Waals surface area contributed by atoms with E-state index in [-0.39, 0.29) is 18.6 Å². The van der Waals surface area contributed by atoms with E-state index in [1.54, 1.807) is 0 Å². The molecular weight excluding hydrogens is 512 g/mol. The minimum atomic E-state index is -1.42. The van der Waals surface area contributed by atoms with Gasteiger partial charge >= 0.3 is 29.8 Å². The van der Waals surface area contributed by atoms with Crippen LogP contribution in [0.15, 0.2) is 11.8 Å². The van der Waals surface area contributed by atoms with Crippen molar-refractivity contribution in [2.24, 2.45) is 11.8 Å². The van der Waals surface area contributed by atoms with E-state index in [1.165, 1.54) is 13.2 Å². The first-order valence-electron chi connectivity index (χ1n) is 12.1. The first kappa shape index (κ1) is 27.8. The van der Waals surface area contributed by atoms with Crippen LogP contribution in [-0.4, -0.2) is 92.8 Å². The number of hydrogen-bond donors (Lipinski definition) is 0. The maximum absolute atomic E-state index is 12.3. The van der Waals surface area contributed by atoms with E-state index in [4.69, 9.17) is 42.6 Å². The number of fused-ring (bicyclic) bond motifs is 1. The normalized spacial score (nSPS) is 35.8. The van der Waals surface area contributed by atoms with E-state index in [2.05, 4.69) is 0 Å². The van der Waals surface area contributed by atoms with Crippen LogP contribution in [0.1, 0.15) is 34.1 Å². The Morgan fingerprint density at radius 1 is 0.895 bits per heavy atom. The van der Waals surface area contributed by atoms with Gasteiger partial charge in [-0.15, -0.1) is 0 Å². The molecule has 4 aliphatic rings. The zero-order valence-corrected chi connectivity index (χ0v) is 21.3. The van der Waals surface area contributed by atoms with Crippen molar-refractivity contribution < 1.29 is 66.6 Å². The highest BCUT2D eigenvalue weighted by atomic mass is 16.8. The standard InChI is InChI=1S/C24H30O14/c1-10(25)31-9-17-19(34-11(2)26)20(35-12(3)27)21(36-13(4)28)24(37-17)38-23-18(16-8-32-16)14-5-6-30-22(29)15(14)7-33-23/h7,14,16-21,23-24H,5-6,8-9H2,1-4H3/t14-,16+,17-,18+,19-,20+,21-,23+,24+/m1/s1. The SMILES string of the molecule is CC(=O)OC[C@H]1O[C@@H](O[C@@H]2OC=C3C(=O)OCC[C@H]3[C@H]2[C@@H]2CO2)[C@H](OC(C)=O)[C@@H](OC(C)=O)[C@@H]1OC(C)=O. The average molecular weight is 542 g/mol. The molecule has 210 valence electrons. The molecule has 0 radical (unpaired) electrons. The van der Waals surface area contributed by atoms with Gasteiger partial charge in [-0.25, -0.2) is 4.79 Å². The van der Waals surface area contributed by atoms with Crippen molar-refractivity contribution in [3.8, 4) is 0 Å². The van der Waals surface area contributed by atoms with Gasteiger partial charge in [-0.3, -0.25) is 19.2 Å². The third-order valence-corrected chi connectivity index (χ3v) is 6.41. The molecule has 0 bridgehead atoms. The van der Waals surface area contributed by atoms with Crippen LogP contribution in [0, 0.1) is 11.8 Å². The highest BCUT2D eigenvalue weighted by Gasteiger charge is 2.56. The van der Waals surface area contributed by atoms with Gasteiger partial charge < -0.3 is 42.6 Å². The Balaban J connectivity index is 1.66. The Kier molecular flexibility index (Phi) is 8.53. The summed E-state index contributed by atoms with van der Waals surface area (Å²) in [4.78, 5) is 59.7. The molecule has 0 aromatic carbocycles. The van der Waals surface area contributed by atoms with Gasteiger partial charge in [0.15, 0.2) is 18.3 Å². The fourth-order valence-electron chi connectivity index (χ4n) is 4.89. The molecule has 3 fully saturated rings. The Morgan fingerprint density at radius 3 is 2.13 bits per heavy atom. The second kappa shape index (κ2) is 11.7. The monoisotopic (exact) mass is 542 g/mol. The van der Waals surface area contributed by atoms with Gasteiger partial charge in [0, 0.05) is 33.6 Å². The van der Waals surface area contributed by atoms with Crippen LogP contribution < -0.4 is 0 Å². The van der Waals surface area contributed by atoms with Crippen LogP contribution in [-0.2, 0) is 66.6 Å². The summed E-state index contributed by atoms with van der Waals surface area (Å²) in [6.07, 6.45) is -6.20. The zero-order chi connectivity index (χ0) is 27.6. The summed E-state index contributed by atoms with van der Waals surface area (Å²) in [5, 5.41) is 0. The van der Waals surface area contributed by atoms with E-state index in [1.807, 2.05) is 0 Å². The lowest BCUT2D eigenvalue weighted by molar-refractivity contribution is -0.345. The number of carbonyl (C=O) groups excluding carboxylic acids is 5. The van der Waals surface area contributed by atoms with Crippen LogP contribution >= 0.6 is 0 Å². The average Bonchev–Trinajstić information content (AvgIpc) is 3.66. The van der Waals surface area contributed by atoms with Crippen molar-refractivity contribution in [3.63, 3.8) is 0 Å². The van der Waals surface area contributed by atoms with Crippen molar-refractivity contribution >= 4 is 29.8 Å². The molecule has 38 heavy (non-hydrogen) atoms. The summed E-state index contributed by atoms with van der Waals surface area (Å²) in [6, 6.07) is 0. The smallest absolute Gasteiger partial charge is 0.337 e. The lowest BCUT2D eigenvalue weighted by atomic mass is 9.79. The summed E-state index contributed by atoms with van der Waals surface area (Å²) in [6.45, 7) is 4.82.